The van der Waals surface area contributed by atoms with Gasteiger partial charge in [0.1, 0.15) is 18.0 Å². The number of amides is 1. The van der Waals surface area contributed by atoms with Crippen LogP contribution >= 0.6 is 0 Å². The monoisotopic (exact) mass is 353 g/mol. The van der Waals surface area contributed by atoms with Crippen LogP contribution in [0.3, 0.4) is 0 Å². The first-order valence-corrected chi connectivity index (χ1v) is 8.78. The lowest BCUT2D eigenvalue weighted by Gasteiger charge is -2.30. The van der Waals surface area contributed by atoms with E-state index in [4.69, 9.17) is 0 Å². The van der Waals surface area contributed by atoms with Crippen molar-refractivity contribution in [3.05, 3.63) is 54.5 Å². The average Bonchev–Trinajstić information content (AvgIpc) is 3.01. The molecular weight excluding hydrogens is 333 g/mol. The first kappa shape index (κ1) is 16.7. The normalized spacial score (nSPS) is 17.6. The Morgan fingerprint density at radius 3 is 2.85 bits per heavy atom. The summed E-state index contributed by atoms with van der Waals surface area (Å²) in [5, 5.41) is 10.8. The third-order valence-electron chi connectivity index (χ3n) is 4.84. The van der Waals surface area contributed by atoms with Crippen molar-refractivity contribution in [2.24, 2.45) is 0 Å². The number of rotatable bonds is 3. The summed E-state index contributed by atoms with van der Waals surface area (Å²) in [5.41, 5.74) is 2.37. The van der Waals surface area contributed by atoms with E-state index in [1.165, 1.54) is 12.1 Å². The average molecular weight is 353 g/mol. The predicted octanol–water partition coefficient (Wildman–Crippen LogP) is 2.83. The van der Waals surface area contributed by atoms with Crippen LogP contribution in [-0.4, -0.2) is 44.7 Å². The SMILES string of the molecule is O=C(Cn1c(-c2ccc(F)cc2)cc2cccnc21)N1CCC[C@H](O)C1. The van der Waals surface area contributed by atoms with Crippen LogP contribution in [0, 0.1) is 5.82 Å². The van der Waals surface area contributed by atoms with Crippen molar-refractivity contribution in [1.29, 1.82) is 0 Å². The van der Waals surface area contributed by atoms with Gasteiger partial charge in [0.25, 0.3) is 0 Å². The maximum absolute atomic E-state index is 13.3. The highest BCUT2D eigenvalue weighted by Gasteiger charge is 2.23. The summed E-state index contributed by atoms with van der Waals surface area (Å²) in [5.74, 6) is -0.344. The zero-order valence-electron chi connectivity index (χ0n) is 14.3. The van der Waals surface area contributed by atoms with Gasteiger partial charge in [0.05, 0.1) is 11.8 Å². The minimum Gasteiger partial charge on any atom is -0.391 e. The molecule has 26 heavy (non-hydrogen) atoms. The number of carbonyl (C=O) groups excluding carboxylic acids is 1. The molecule has 1 aromatic carbocycles. The van der Waals surface area contributed by atoms with Gasteiger partial charge < -0.3 is 14.6 Å². The van der Waals surface area contributed by atoms with Crippen molar-refractivity contribution < 1.29 is 14.3 Å². The molecule has 1 atom stereocenters. The Morgan fingerprint density at radius 2 is 2.08 bits per heavy atom. The molecule has 3 aromatic rings. The second kappa shape index (κ2) is 6.88. The number of β-amino-alcohol motifs (C(OH)–C–C–N with tert-alkyl or cyclic N) is 1. The van der Waals surface area contributed by atoms with Crippen molar-refractivity contribution in [1.82, 2.24) is 14.5 Å². The van der Waals surface area contributed by atoms with Crippen LogP contribution in [0.25, 0.3) is 22.3 Å². The Labute approximate surface area is 150 Å². The number of pyridine rings is 1. The maximum atomic E-state index is 13.3. The summed E-state index contributed by atoms with van der Waals surface area (Å²) in [6.07, 6.45) is 2.78. The van der Waals surface area contributed by atoms with Gasteiger partial charge in [0.15, 0.2) is 0 Å². The molecule has 134 valence electrons. The smallest absolute Gasteiger partial charge is 0.242 e. The Morgan fingerprint density at radius 1 is 1.27 bits per heavy atom. The Kier molecular flexibility index (Phi) is 4.42. The van der Waals surface area contributed by atoms with Gasteiger partial charge in [0.2, 0.25) is 5.91 Å². The summed E-state index contributed by atoms with van der Waals surface area (Å²) < 4.78 is 15.2. The van der Waals surface area contributed by atoms with Crippen LogP contribution in [0.2, 0.25) is 0 Å². The molecule has 4 rings (SSSR count). The summed E-state index contributed by atoms with van der Waals surface area (Å²) in [6.45, 7) is 1.17. The van der Waals surface area contributed by atoms with E-state index in [2.05, 4.69) is 4.98 Å². The highest BCUT2D eigenvalue weighted by Crippen LogP contribution is 2.27. The molecule has 0 bridgehead atoms. The number of benzene rings is 1. The molecule has 2 aromatic heterocycles. The zero-order valence-corrected chi connectivity index (χ0v) is 14.3. The highest BCUT2D eigenvalue weighted by atomic mass is 19.1. The number of hydrogen-bond acceptors (Lipinski definition) is 3. The van der Waals surface area contributed by atoms with E-state index in [0.717, 1.165) is 35.1 Å². The molecule has 0 saturated carbocycles. The Bertz CT molecular complexity index is 936. The topological polar surface area (TPSA) is 58.4 Å². The van der Waals surface area contributed by atoms with Gasteiger partial charge in [-0.05, 0) is 60.9 Å². The van der Waals surface area contributed by atoms with Crippen LogP contribution in [-0.2, 0) is 11.3 Å². The van der Waals surface area contributed by atoms with Crippen molar-refractivity contribution >= 4 is 16.9 Å². The summed E-state index contributed by atoms with van der Waals surface area (Å²) >= 11 is 0. The van der Waals surface area contributed by atoms with Crippen molar-refractivity contribution in [2.75, 3.05) is 13.1 Å². The number of likely N-dealkylation sites (tertiary alicyclic amines) is 1. The van der Waals surface area contributed by atoms with Crippen molar-refractivity contribution in [3.63, 3.8) is 0 Å². The molecule has 0 radical (unpaired) electrons. The molecule has 3 heterocycles. The molecule has 6 heteroatoms. The number of aliphatic hydroxyl groups is 1. The number of aromatic nitrogens is 2. The predicted molar refractivity (Wildman–Crippen MR) is 96.9 cm³/mol. The van der Waals surface area contributed by atoms with Crippen molar-refractivity contribution in [3.8, 4) is 11.3 Å². The lowest BCUT2D eigenvalue weighted by atomic mass is 10.1. The maximum Gasteiger partial charge on any atom is 0.242 e. The molecule has 0 unspecified atom stereocenters. The minimum absolute atomic E-state index is 0.0461. The van der Waals surface area contributed by atoms with E-state index in [0.29, 0.717) is 13.1 Å². The fourth-order valence-corrected chi connectivity index (χ4v) is 3.52. The first-order chi connectivity index (χ1) is 12.6. The lowest BCUT2D eigenvalue weighted by molar-refractivity contribution is -0.134. The minimum atomic E-state index is -0.455. The van der Waals surface area contributed by atoms with Crippen LogP contribution in [0.5, 0.6) is 0 Å². The number of halogens is 1. The fraction of sp³-hybridized carbons (Fsp3) is 0.300. The van der Waals surface area contributed by atoms with Gasteiger partial charge in [-0.15, -0.1) is 0 Å². The number of piperidine rings is 1. The molecular formula is C20H20FN3O2. The fourth-order valence-electron chi connectivity index (χ4n) is 3.52. The van der Waals surface area contributed by atoms with Crippen molar-refractivity contribution in [2.45, 2.75) is 25.5 Å². The molecule has 1 aliphatic heterocycles. The van der Waals surface area contributed by atoms with Crippen LogP contribution in [0.15, 0.2) is 48.7 Å². The molecule has 1 amide bonds. The van der Waals surface area contributed by atoms with E-state index in [1.54, 1.807) is 23.2 Å². The van der Waals surface area contributed by atoms with E-state index in [1.807, 2.05) is 22.8 Å². The molecule has 1 saturated heterocycles. The van der Waals surface area contributed by atoms with Crippen LogP contribution in [0.1, 0.15) is 12.8 Å². The van der Waals surface area contributed by atoms with Gasteiger partial charge in [-0.25, -0.2) is 9.37 Å². The number of nitrogens with zero attached hydrogens (tertiary/aromatic N) is 3. The molecule has 1 N–H and O–H groups in total. The summed E-state index contributed by atoms with van der Waals surface area (Å²) in [7, 11) is 0. The Balaban J connectivity index is 1.72. The van der Waals surface area contributed by atoms with Gasteiger partial charge >= 0.3 is 0 Å². The summed E-state index contributed by atoms with van der Waals surface area (Å²) in [4.78, 5) is 18.9. The molecule has 1 fully saturated rings. The third-order valence-corrected chi connectivity index (χ3v) is 4.84. The zero-order chi connectivity index (χ0) is 18.1. The second-order valence-corrected chi connectivity index (χ2v) is 6.67. The van der Waals surface area contributed by atoms with E-state index in [9.17, 15) is 14.3 Å². The van der Waals surface area contributed by atoms with Gasteiger partial charge in [-0.3, -0.25) is 4.79 Å². The van der Waals surface area contributed by atoms with Gasteiger partial charge in [0, 0.05) is 24.7 Å². The highest BCUT2D eigenvalue weighted by molar-refractivity contribution is 5.87. The molecule has 0 spiro atoms. The number of fused-ring (bicyclic) bond motifs is 1. The number of aliphatic hydroxyl groups excluding tert-OH is 1. The quantitative estimate of drug-likeness (QED) is 0.788. The number of carbonyl (C=O) groups is 1. The standard InChI is InChI=1S/C20H20FN3O2/c21-16-7-5-14(6-8-16)18-11-15-3-1-9-22-20(15)24(18)13-19(26)23-10-2-4-17(25)12-23/h1,3,5-9,11,17,25H,2,4,10,12-13H2/t17-/m0/s1. The lowest BCUT2D eigenvalue weighted by Crippen LogP contribution is -2.43. The summed E-state index contributed by atoms with van der Waals surface area (Å²) in [6, 6.07) is 12.0. The number of hydrogen-bond donors (Lipinski definition) is 1. The first-order valence-electron chi connectivity index (χ1n) is 8.78. The largest absolute Gasteiger partial charge is 0.391 e. The van der Waals surface area contributed by atoms with E-state index < -0.39 is 6.10 Å². The van der Waals surface area contributed by atoms with Crippen LogP contribution in [0.4, 0.5) is 4.39 Å². The second-order valence-electron chi connectivity index (χ2n) is 6.67. The molecule has 1 aliphatic rings. The van der Waals surface area contributed by atoms with E-state index >= 15 is 0 Å². The van der Waals surface area contributed by atoms with Gasteiger partial charge in [-0.2, -0.15) is 0 Å². The molecule has 5 nitrogen and oxygen atoms in total. The third kappa shape index (κ3) is 3.20. The Hall–Kier alpha value is -2.73. The van der Waals surface area contributed by atoms with Gasteiger partial charge in [-0.1, -0.05) is 0 Å². The van der Waals surface area contributed by atoms with E-state index in [-0.39, 0.29) is 18.3 Å². The van der Waals surface area contributed by atoms with Crippen LogP contribution < -0.4 is 0 Å². The molecule has 0 aliphatic carbocycles.